The van der Waals surface area contributed by atoms with E-state index in [1.807, 2.05) is 18.2 Å². The van der Waals surface area contributed by atoms with Gasteiger partial charge in [-0.25, -0.2) is 0 Å². The number of furan rings is 1. The maximum absolute atomic E-state index is 12.6. The van der Waals surface area contributed by atoms with Gasteiger partial charge in [0.05, 0.1) is 18.6 Å². The van der Waals surface area contributed by atoms with Crippen molar-refractivity contribution < 1.29 is 14.3 Å². The van der Waals surface area contributed by atoms with Gasteiger partial charge < -0.3 is 9.52 Å². The summed E-state index contributed by atoms with van der Waals surface area (Å²) in [6.45, 7) is 5.92. The van der Waals surface area contributed by atoms with Crippen LogP contribution in [0.3, 0.4) is 0 Å². The molecule has 22 heavy (non-hydrogen) atoms. The molecule has 0 unspecified atom stereocenters. The molecule has 0 aliphatic heterocycles. The van der Waals surface area contributed by atoms with Crippen molar-refractivity contribution in [2.24, 2.45) is 11.3 Å². The summed E-state index contributed by atoms with van der Waals surface area (Å²) < 4.78 is 5.09. The van der Waals surface area contributed by atoms with Crippen LogP contribution in [0, 0.1) is 11.3 Å². The fourth-order valence-corrected chi connectivity index (χ4v) is 4.11. The molecule has 3 heteroatoms. The number of hydrogen-bond donors (Lipinski definition) is 1. The third-order valence-electron chi connectivity index (χ3n) is 5.29. The minimum atomic E-state index is -0.429. The molecule has 1 saturated carbocycles. The summed E-state index contributed by atoms with van der Waals surface area (Å²) in [5, 5.41) is 10.7. The molecule has 1 heterocycles. The quantitative estimate of drug-likeness (QED) is 0.680. The zero-order chi connectivity index (χ0) is 15.7. The van der Waals surface area contributed by atoms with E-state index in [4.69, 9.17) is 4.42 Å². The van der Waals surface area contributed by atoms with Gasteiger partial charge in [0, 0.05) is 16.6 Å². The van der Waals surface area contributed by atoms with Crippen molar-refractivity contribution >= 4 is 11.9 Å². The van der Waals surface area contributed by atoms with E-state index in [1.165, 1.54) is 0 Å². The smallest absolute Gasteiger partial charge is 0.182 e. The number of hydrogen-bond acceptors (Lipinski definition) is 3. The van der Waals surface area contributed by atoms with Crippen LogP contribution < -0.4 is 0 Å². The minimum absolute atomic E-state index is 0.0387. The molecule has 0 spiro atoms. The van der Waals surface area contributed by atoms with Crippen LogP contribution in [0.1, 0.15) is 38.2 Å². The van der Waals surface area contributed by atoms with Crippen molar-refractivity contribution in [3.05, 3.63) is 54.0 Å². The highest BCUT2D eigenvalue weighted by molar-refractivity contribution is 6.09. The van der Waals surface area contributed by atoms with Gasteiger partial charge in [-0.1, -0.05) is 18.6 Å². The van der Waals surface area contributed by atoms with Gasteiger partial charge >= 0.3 is 0 Å². The van der Waals surface area contributed by atoms with E-state index in [2.05, 4.69) is 13.5 Å². The summed E-state index contributed by atoms with van der Waals surface area (Å²) in [5.74, 6) is 0.0145. The Kier molecular flexibility index (Phi) is 3.92. The summed E-state index contributed by atoms with van der Waals surface area (Å²) in [4.78, 5) is 12.6. The molecule has 2 aliphatic rings. The van der Waals surface area contributed by atoms with E-state index in [0.29, 0.717) is 6.42 Å². The molecular formula is C19H22O3. The predicted octanol–water partition coefficient (Wildman–Crippen LogP) is 3.92. The van der Waals surface area contributed by atoms with Gasteiger partial charge in [-0.15, -0.1) is 6.58 Å². The molecule has 1 N–H and O–H groups in total. The highest BCUT2D eigenvalue weighted by atomic mass is 16.3. The first-order valence-corrected chi connectivity index (χ1v) is 7.87. The SMILES string of the molecule is C=CC[C@@]12C(=CC(=O)/C(=C/c3ccoc3)[C@@H]1C)CCC[C@@H]2O. The number of aliphatic hydroxyl groups excluding tert-OH is 1. The molecule has 0 bridgehead atoms. The van der Waals surface area contributed by atoms with Crippen LogP contribution in [0.4, 0.5) is 0 Å². The van der Waals surface area contributed by atoms with Gasteiger partial charge in [0.15, 0.2) is 5.78 Å². The van der Waals surface area contributed by atoms with Gasteiger partial charge in [-0.3, -0.25) is 4.79 Å². The van der Waals surface area contributed by atoms with Crippen molar-refractivity contribution in [3.63, 3.8) is 0 Å². The average Bonchev–Trinajstić information content (AvgIpc) is 2.99. The molecule has 0 amide bonds. The van der Waals surface area contributed by atoms with Gasteiger partial charge in [0.25, 0.3) is 0 Å². The first-order chi connectivity index (χ1) is 10.6. The largest absolute Gasteiger partial charge is 0.472 e. The van der Waals surface area contributed by atoms with Crippen LogP contribution in [0.2, 0.25) is 0 Å². The second-order valence-corrected chi connectivity index (χ2v) is 6.35. The molecular weight excluding hydrogens is 276 g/mol. The van der Waals surface area contributed by atoms with Crippen molar-refractivity contribution in [3.8, 4) is 0 Å². The zero-order valence-corrected chi connectivity index (χ0v) is 12.9. The Hall–Kier alpha value is -1.87. The highest BCUT2D eigenvalue weighted by Gasteiger charge is 2.50. The topological polar surface area (TPSA) is 50.4 Å². The second-order valence-electron chi connectivity index (χ2n) is 6.35. The Balaban J connectivity index is 2.11. The number of rotatable bonds is 3. The number of fused-ring (bicyclic) bond motifs is 1. The maximum atomic E-state index is 12.6. The van der Waals surface area contributed by atoms with Crippen LogP contribution in [0.25, 0.3) is 6.08 Å². The molecule has 116 valence electrons. The Bertz CT molecular complexity index is 636. The molecule has 1 aromatic rings. The van der Waals surface area contributed by atoms with Gasteiger partial charge in [-0.2, -0.15) is 0 Å². The number of carbonyl (C=O) groups excluding carboxylic acids is 1. The Labute approximate surface area is 131 Å². The number of ketones is 1. The lowest BCUT2D eigenvalue weighted by molar-refractivity contribution is -0.113. The van der Waals surface area contributed by atoms with Crippen LogP contribution in [0.15, 0.2) is 52.9 Å². The molecule has 0 saturated heterocycles. The van der Waals surface area contributed by atoms with E-state index >= 15 is 0 Å². The molecule has 0 aromatic carbocycles. The van der Waals surface area contributed by atoms with Crippen LogP contribution >= 0.6 is 0 Å². The zero-order valence-electron chi connectivity index (χ0n) is 12.9. The van der Waals surface area contributed by atoms with Gasteiger partial charge in [-0.05, 0) is 49.8 Å². The fourth-order valence-electron chi connectivity index (χ4n) is 4.11. The molecule has 3 atom stereocenters. The summed E-state index contributed by atoms with van der Waals surface area (Å²) in [7, 11) is 0. The Morgan fingerprint density at radius 3 is 3.05 bits per heavy atom. The lowest BCUT2D eigenvalue weighted by atomic mass is 9.55. The Morgan fingerprint density at radius 1 is 1.55 bits per heavy atom. The summed E-state index contributed by atoms with van der Waals surface area (Å²) in [6, 6.07) is 1.84. The summed E-state index contributed by atoms with van der Waals surface area (Å²) in [5.41, 5.74) is 2.33. The second kappa shape index (κ2) is 5.73. The third-order valence-corrected chi connectivity index (χ3v) is 5.29. The van der Waals surface area contributed by atoms with E-state index < -0.39 is 6.10 Å². The molecule has 2 aliphatic carbocycles. The lowest BCUT2D eigenvalue weighted by Crippen LogP contribution is -2.48. The van der Waals surface area contributed by atoms with Crippen LogP contribution in [0.5, 0.6) is 0 Å². The average molecular weight is 298 g/mol. The summed E-state index contributed by atoms with van der Waals surface area (Å²) in [6.07, 6.45) is 11.6. The minimum Gasteiger partial charge on any atom is -0.472 e. The van der Waals surface area contributed by atoms with Crippen molar-refractivity contribution in [2.45, 2.75) is 38.7 Å². The highest BCUT2D eigenvalue weighted by Crippen LogP contribution is 2.54. The maximum Gasteiger partial charge on any atom is 0.182 e. The number of carbonyl (C=O) groups is 1. The Morgan fingerprint density at radius 2 is 2.36 bits per heavy atom. The van der Waals surface area contributed by atoms with E-state index in [1.54, 1.807) is 18.6 Å². The standard InChI is InChI=1S/C19H22O3/c1-3-8-19-13(2)16(10-14-7-9-22-12-14)17(20)11-15(19)5-4-6-18(19)21/h3,7,9-13,18,21H,1,4-6,8H2,2H3/b16-10+/t13-,18-,19-/m0/s1. The van der Waals surface area contributed by atoms with E-state index in [0.717, 1.165) is 36.0 Å². The van der Waals surface area contributed by atoms with Crippen molar-refractivity contribution in [2.75, 3.05) is 0 Å². The number of allylic oxidation sites excluding steroid dienone is 3. The van der Waals surface area contributed by atoms with E-state index in [-0.39, 0.29) is 17.1 Å². The lowest BCUT2D eigenvalue weighted by Gasteiger charge is -2.50. The fraction of sp³-hybridized carbons (Fsp3) is 0.421. The molecule has 0 radical (unpaired) electrons. The monoisotopic (exact) mass is 298 g/mol. The third kappa shape index (κ3) is 2.20. The van der Waals surface area contributed by atoms with E-state index in [9.17, 15) is 9.90 Å². The predicted molar refractivity (Wildman–Crippen MR) is 86.0 cm³/mol. The molecule has 1 fully saturated rings. The first-order valence-electron chi connectivity index (χ1n) is 7.87. The van der Waals surface area contributed by atoms with Crippen LogP contribution in [-0.4, -0.2) is 17.0 Å². The van der Waals surface area contributed by atoms with Crippen molar-refractivity contribution in [1.82, 2.24) is 0 Å². The molecule has 3 rings (SSSR count). The van der Waals surface area contributed by atoms with Crippen LogP contribution in [-0.2, 0) is 4.79 Å². The molecule has 1 aromatic heterocycles. The van der Waals surface area contributed by atoms with Gasteiger partial charge in [0.2, 0.25) is 0 Å². The normalized spacial score (nSPS) is 33.5. The molecule has 3 nitrogen and oxygen atoms in total. The van der Waals surface area contributed by atoms with Crippen molar-refractivity contribution in [1.29, 1.82) is 0 Å². The summed E-state index contributed by atoms with van der Waals surface area (Å²) >= 11 is 0. The number of aliphatic hydroxyl groups is 1. The van der Waals surface area contributed by atoms with Gasteiger partial charge in [0.1, 0.15) is 0 Å². The first kappa shape index (κ1) is 15.0.